The minimum atomic E-state index is -1.12. The zero-order valence-electron chi connectivity index (χ0n) is 11.1. The third kappa shape index (κ3) is 3.14. The third-order valence-electron chi connectivity index (χ3n) is 3.01. The smallest absolute Gasteiger partial charge is 0.335 e. The van der Waals surface area contributed by atoms with Crippen LogP contribution in [0, 0.1) is 6.92 Å². The Kier molecular flexibility index (Phi) is 4.14. The van der Waals surface area contributed by atoms with Gasteiger partial charge >= 0.3 is 5.97 Å². The zero-order chi connectivity index (χ0) is 15.6. The van der Waals surface area contributed by atoms with Crippen molar-refractivity contribution >= 4 is 29.2 Å². The van der Waals surface area contributed by atoms with Crippen LogP contribution in [-0.2, 0) is 0 Å². The van der Waals surface area contributed by atoms with Crippen molar-refractivity contribution in [2.45, 2.75) is 6.92 Å². The molecular weight excluding hydrogens is 294 g/mol. The second-order valence-corrected chi connectivity index (χ2v) is 4.81. The molecule has 1 amide bonds. The molecule has 2 aromatic carbocycles. The Morgan fingerprint density at radius 3 is 2.57 bits per heavy atom. The van der Waals surface area contributed by atoms with Crippen molar-refractivity contribution in [3.05, 3.63) is 58.1 Å². The van der Waals surface area contributed by atoms with Crippen LogP contribution >= 0.6 is 11.6 Å². The molecule has 6 heteroatoms. The summed E-state index contributed by atoms with van der Waals surface area (Å²) in [6, 6.07) is 8.60. The molecule has 0 aliphatic carbocycles. The molecule has 0 aliphatic rings. The fraction of sp³-hybridized carbons (Fsp3) is 0.0667. The van der Waals surface area contributed by atoms with E-state index in [1.54, 1.807) is 19.1 Å². The van der Waals surface area contributed by atoms with Crippen LogP contribution in [0.2, 0.25) is 5.02 Å². The first-order chi connectivity index (χ1) is 9.90. The second-order valence-electron chi connectivity index (χ2n) is 4.40. The average Bonchev–Trinajstić information content (AvgIpc) is 2.43. The van der Waals surface area contributed by atoms with Crippen LogP contribution in [-0.4, -0.2) is 22.1 Å². The van der Waals surface area contributed by atoms with Crippen LogP contribution in [0.5, 0.6) is 5.75 Å². The van der Waals surface area contributed by atoms with Gasteiger partial charge in [-0.05, 0) is 37.3 Å². The van der Waals surface area contributed by atoms with Crippen molar-refractivity contribution in [3.8, 4) is 5.75 Å². The molecule has 0 saturated heterocycles. The van der Waals surface area contributed by atoms with Gasteiger partial charge in [-0.25, -0.2) is 4.79 Å². The van der Waals surface area contributed by atoms with E-state index in [2.05, 4.69) is 5.32 Å². The summed E-state index contributed by atoms with van der Waals surface area (Å²) in [4.78, 5) is 23.1. The fourth-order valence-electron chi connectivity index (χ4n) is 1.81. The predicted octanol–water partition coefficient (Wildman–Crippen LogP) is 3.30. The van der Waals surface area contributed by atoms with Gasteiger partial charge in [0.15, 0.2) is 0 Å². The number of aromatic hydroxyl groups is 1. The number of benzene rings is 2. The van der Waals surface area contributed by atoms with E-state index >= 15 is 0 Å². The highest BCUT2D eigenvalue weighted by molar-refractivity contribution is 6.34. The summed E-state index contributed by atoms with van der Waals surface area (Å²) in [7, 11) is 0. The molecule has 2 rings (SSSR count). The van der Waals surface area contributed by atoms with E-state index in [1.807, 2.05) is 0 Å². The van der Waals surface area contributed by atoms with Gasteiger partial charge < -0.3 is 15.5 Å². The topological polar surface area (TPSA) is 86.6 Å². The number of phenols is 1. The van der Waals surface area contributed by atoms with Gasteiger partial charge in [0.25, 0.3) is 5.91 Å². The number of carboxylic acids is 1. The molecule has 2 aromatic rings. The molecule has 108 valence electrons. The number of carbonyl (C=O) groups is 2. The van der Waals surface area contributed by atoms with E-state index in [4.69, 9.17) is 16.7 Å². The van der Waals surface area contributed by atoms with Gasteiger partial charge in [0.2, 0.25) is 0 Å². The van der Waals surface area contributed by atoms with Crippen LogP contribution in [0.4, 0.5) is 5.69 Å². The number of nitrogens with one attached hydrogen (secondary N) is 1. The van der Waals surface area contributed by atoms with Crippen molar-refractivity contribution in [2.75, 3.05) is 5.32 Å². The Balaban J connectivity index is 2.33. The van der Waals surface area contributed by atoms with Gasteiger partial charge in [-0.15, -0.1) is 0 Å². The lowest BCUT2D eigenvalue weighted by Crippen LogP contribution is -2.14. The van der Waals surface area contributed by atoms with Gasteiger partial charge in [-0.3, -0.25) is 4.79 Å². The molecule has 0 heterocycles. The summed E-state index contributed by atoms with van der Waals surface area (Å²) >= 11 is 5.95. The third-order valence-corrected chi connectivity index (χ3v) is 3.34. The average molecular weight is 306 g/mol. The minimum absolute atomic E-state index is 0.00744. The van der Waals surface area contributed by atoms with E-state index < -0.39 is 11.9 Å². The van der Waals surface area contributed by atoms with Crippen molar-refractivity contribution < 1.29 is 19.8 Å². The first-order valence-corrected chi connectivity index (χ1v) is 6.40. The molecule has 0 bridgehead atoms. The Morgan fingerprint density at radius 2 is 1.90 bits per heavy atom. The highest BCUT2D eigenvalue weighted by atomic mass is 35.5. The molecule has 0 fully saturated rings. The first-order valence-electron chi connectivity index (χ1n) is 6.03. The summed E-state index contributed by atoms with van der Waals surface area (Å²) in [5, 5.41) is 21.3. The molecule has 0 radical (unpaired) electrons. The van der Waals surface area contributed by atoms with E-state index in [0.29, 0.717) is 5.56 Å². The van der Waals surface area contributed by atoms with Crippen LogP contribution in [0.25, 0.3) is 0 Å². The number of phenolic OH excluding ortho intramolecular Hbond substituents is 1. The normalized spacial score (nSPS) is 10.2. The molecule has 0 spiro atoms. The minimum Gasteiger partial charge on any atom is -0.508 e. The number of halogens is 1. The monoisotopic (exact) mass is 305 g/mol. The SMILES string of the molecule is Cc1c(O)cccc1C(=O)Nc1cc(C(=O)O)ccc1Cl. The molecule has 5 nitrogen and oxygen atoms in total. The number of amides is 1. The highest BCUT2D eigenvalue weighted by Crippen LogP contribution is 2.25. The first kappa shape index (κ1) is 14.9. The maximum atomic E-state index is 12.2. The zero-order valence-corrected chi connectivity index (χ0v) is 11.8. The number of rotatable bonds is 3. The lowest BCUT2D eigenvalue weighted by atomic mass is 10.1. The van der Waals surface area contributed by atoms with Crippen LogP contribution in [0.3, 0.4) is 0 Å². The molecule has 0 atom stereocenters. The predicted molar refractivity (Wildman–Crippen MR) is 79.2 cm³/mol. The van der Waals surface area contributed by atoms with E-state index in [-0.39, 0.29) is 27.6 Å². The summed E-state index contributed by atoms with van der Waals surface area (Å²) in [6.45, 7) is 1.61. The maximum absolute atomic E-state index is 12.2. The summed E-state index contributed by atoms with van der Waals surface area (Å²) < 4.78 is 0. The van der Waals surface area contributed by atoms with E-state index in [0.717, 1.165) is 0 Å². The number of carboxylic acid groups (broad SMARTS) is 1. The van der Waals surface area contributed by atoms with Crippen molar-refractivity contribution in [3.63, 3.8) is 0 Å². The summed E-state index contributed by atoms with van der Waals surface area (Å²) in [6.07, 6.45) is 0. The Morgan fingerprint density at radius 1 is 1.19 bits per heavy atom. The number of aromatic carboxylic acids is 1. The Hall–Kier alpha value is -2.53. The largest absolute Gasteiger partial charge is 0.508 e. The lowest BCUT2D eigenvalue weighted by Gasteiger charge is -2.10. The number of carbonyl (C=O) groups excluding carboxylic acids is 1. The quantitative estimate of drug-likeness (QED) is 0.812. The molecule has 0 aromatic heterocycles. The van der Waals surface area contributed by atoms with Crippen molar-refractivity contribution in [2.24, 2.45) is 0 Å². The van der Waals surface area contributed by atoms with Gasteiger partial charge in [0.1, 0.15) is 5.75 Å². The molecule has 21 heavy (non-hydrogen) atoms. The number of hydrogen-bond donors (Lipinski definition) is 3. The summed E-state index contributed by atoms with van der Waals surface area (Å²) in [5.74, 6) is -1.59. The fourth-order valence-corrected chi connectivity index (χ4v) is 1.98. The maximum Gasteiger partial charge on any atom is 0.335 e. The van der Waals surface area contributed by atoms with Crippen LogP contribution in [0.1, 0.15) is 26.3 Å². The van der Waals surface area contributed by atoms with Gasteiger partial charge in [0.05, 0.1) is 16.3 Å². The van der Waals surface area contributed by atoms with Crippen LogP contribution < -0.4 is 5.32 Å². The van der Waals surface area contributed by atoms with Gasteiger partial charge in [-0.2, -0.15) is 0 Å². The number of hydrogen-bond acceptors (Lipinski definition) is 3. The van der Waals surface area contributed by atoms with E-state index in [1.165, 1.54) is 24.3 Å². The molecular formula is C15H12ClNO4. The molecule has 0 aliphatic heterocycles. The Bertz CT molecular complexity index is 728. The summed E-state index contributed by atoms with van der Waals surface area (Å²) in [5.41, 5.74) is 0.930. The standard InChI is InChI=1S/C15H12ClNO4/c1-8-10(3-2-4-13(8)18)14(19)17-12-7-9(15(20)21)5-6-11(12)16/h2-7,18H,1H3,(H,17,19)(H,20,21). The lowest BCUT2D eigenvalue weighted by molar-refractivity contribution is 0.0696. The van der Waals surface area contributed by atoms with Gasteiger partial charge in [0, 0.05) is 11.1 Å². The Labute approximate surface area is 125 Å². The van der Waals surface area contributed by atoms with Crippen molar-refractivity contribution in [1.82, 2.24) is 0 Å². The second kappa shape index (κ2) is 5.85. The van der Waals surface area contributed by atoms with Crippen LogP contribution in [0.15, 0.2) is 36.4 Å². The molecule has 0 unspecified atom stereocenters. The molecule has 0 saturated carbocycles. The highest BCUT2D eigenvalue weighted by Gasteiger charge is 2.14. The number of anilines is 1. The van der Waals surface area contributed by atoms with E-state index in [9.17, 15) is 14.7 Å². The molecule has 3 N–H and O–H groups in total. The van der Waals surface area contributed by atoms with Gasteiger partial charge in [-0.1, -0.05) is 17.7 Å². The van der Waals surface area contributed by atoms with Crippen molar-refractivity contribution in [1.29, 1.82) is 0 Å².